The van der Waals surface area contributed by atoms with Crippen LogP contribution in [0.15, 0.2) is 85.2 Å². The molecule has 0 unspecified atom stereocenters. The lowest BCUT2D eigenvalue weighted by Gasteiger charge is -2.33. The quantitative estimate of drug-likeness (QED) is 0.204. The average Bonchev–Trinajstić information content (AvgIpc) is 3.23. The SMILES string of the molecule is O=C(CN1CCN(Cc2cccc(CN(Cc3ccccn3)Cc3ccccn3)n2)CCN(CC(=O)N2CCCCC2)Cc2cccc(n2)C1)N1CCCCC1. The molecule has 4 aromatic heterocycles. The second-order valence-corrected chi connectivity index (χ2v) is 15.6. The van der Waals surface area contributed by atoms with E-state index in [0.717, 1.165) is 112 Å². The number of nitrogens with zero attached hydrogens (tertiary/aromatic N) is 10. The van der Waals surface area contributed by atoms with Crippen LogP contribution >= 0.6 is 0 Å². The van der Waals surface area contributed by atoms with Gasteiger partial charge in [0.25, 0.3) is 0 Å². The lowest BCUT2D eigenvalue weighted by Crippen LogP contribution is -2.47. The van der Waals surface area contributed by atoms with E-state index in [1.807, 2.05) is 46.5 Å². The van der Waals surface area contributed by atoms with Gasteiger partial charge in [-0.25, -0.2) is 0 Å². The van der Waals surface area contributed by atoms with Crippen LogP contribution in [0.25, 0.3) is 0 Å². The van der Waals surface area contributed by atoms with Crippen molar-refractivity contribution in [3.63, 3.8) is 0 Å². The van der Waals surface area contributed by atoms with Crippen molar-refractivity contribution in [2.24, 2.45) is 0 Å². The second-order valence-electron chi connectivity index (χ2n) is 15.6. The Morgan fingerprint density at radius 2 is 0.946 bits per heavy atom. The topological polar surface area (TPSA) is 105 Å². The summed E-state index contributed by atoms with van der Waals surface area (Å²) in [7, 11) is 0. The molecule has 12 nitrogen and oxygen atoms in total. The Balaban J connectivity index is 1.09. The van der Waals surface area contributed by atoms with Crippen LogP contribution in [0.3, 0.4) is 0 Å². The fraction of sp³-hybridized carbons (Fsp3) is 0.500. The summed E-state index contributed by atoms with van der Waals surface area (Å²) in [6.07, 6.45) is 10.4. The first-order chi connectivity index (χ1) is 27.5. The molecule has 4 aromatic rings. The summed E-state index contributed by atoms with van der Waals surface area (Å²) < 4.78 is 0. The van der Waals surface area contributed by atoms with E-state index in [4.69, 9.17) is 9.97 Å². The van der Waals surface area contributed by atoms with E-state index in [1.165, 1.54) is 12.8 Å². The molecule has 0 radical (unpaired) electrons. The molecule has 3 aliphatic heterocycles. The van der Waals surface area contributed by atoms with Crippen molar-refractivity contribution in [3.8, 4) is 0 Å². The van der Waals surface area contributed by atoms with Gasteiger partial charge in [-0.2, -0.15) is 0 Å². The van der Waals surface area contributed by atoms with Crippen molar-refractivity contribution in [2.45, 2.75) is 77.8 Å². The van der Waals surface area contributed by atoms with Crippen molar-refractivity contribution < 1.29 is 9.59 Å². The van der Waals surface area contributed by atoms with Gasteiger partial charge in [-0.15, -0.1) is 0 Å². The highest BCUT2D eigenvalue weighted by molar-refractivity contribution is 5.78. The van der Waals surface area contributed by atoms with Gasteiger partial charge in [-0.3, -0.25) is 49.1 Å². The minimum atomic E-state index is 0.206. The van der Waals surface area contributed by atoms with Crippen molar-refractivity contribution >= 4 is 11.8 Å². The molecule has 12 heteroatoms. The number of pyridine rings is 4. The molecule has 2 bridgehead atoms. The number of hydrogen-bond donors (Lipinski definition) is 0. The number of fused-ring (bicyclic) bond motifs is 2. The number of piperidine rings is 2. The minimum absolute atomic E-state index is 0.206. The van der Waals surface area contributed by atoms with Crippen LogP contribution in [0, 0.1) is 0 Å². The molecule has 7 heterocycles. The lowest BCUT2D eigenvalue weighted by atomic mass is 10.1. The zero-order chi connectivity index (χ0) is 38.4. The smallest absolute Gasteiger partial charge is 0.236 e. The minimum Gasteiger partial charge on any atom is -0.342 e. The Morgan fingerprint density at radius 1 is 0.482 bits per heavy atom. The summed E-state index contributed by atoms with van der Waals surface area (Å²) in [6, 6.07) is 24.6. The Morgan fingerprint density at radius 3 is 1.46 bits per heavy atom. The first kappa shape index (κ1) is 39.6. The van der Waals surface area contributed by atoms with Gasteiger partial charge in [0, 0.05) is 104 Å². The number of carbonyl (C=O) groups excluding carboxylic acids is 2. The number of amides is 2. The third-order valence-electron chi connectivity index (χ3n) is 11.1. The van der Waals surface area contributed by atoms with Crippen LogP contribution in [0.2, 0.25) is 0 Å². The zero-order valence-electron chi connectivity index (χ0n) is 32.9. The van der Waals surface area contributed by atoms with Crippen LogP contribution in [-0.4, -0.2) is 127 Å². The van der Waals surface area contributed by atoms with E-state index >= 15 is 0 Å². The summed E-state index contributed by atoms with van der Waals surface area (Å²) in [5.41, 5.74) is 5.93. The fourth-order valence-corrected chi connectivity index (χ4v) is 8.07. The van der Waals surface area contributed by atoms with Gasteiger partial charge < -0.3 is 9.80 Å². The third kappa shape index (κ3) is 12.2. The normalized spacial score (nSPS) is 18.0. The van der Waals surface area contributed by atoms with E-state index in [9.17, 15) is 9.59 Å². The first-order valence-electron chi connectivity index (χ1n) is 20.7. The van der Waals surface area contributed by atoms with Gasteiger partial charge in [0.15, 0.2) is 0 Å². The molecule has 3 aliphatic rings. The average molecular weight is 759 g/mol. The molecule has 296 valence electrons. The number of hydrogen-bond acceptors (Lipinski definition) is 10. The van der Waals surface area contributed by atoms with Crippen molar-refractivity contribution in [1.82, 2.24) is 49.3 Å². The predicted octanol–water partition coefficient (Wildman–Crippen LogP) is 4.61. The maximum Gasteiger partial charge on any atom is 0.236 e. The van der Waals surface area contributed by atoms with E-state index in [0.29, 0.717) is 52.4 Å². The van der Waals surface area contributed by atoms with Gasteiger partial charge in [-0.1, -0.05) is 24.3 Å². The number of rotatable bonds is 12. The highest BCUT2D eigenvalue weighted by Crippen LogP contribution is 2.16. The molecule has 56 heavy (non-hydrogen) atoms. The van der Waals surface area contributed by atoms with E-state index in [-0.39, 0.29) is 11.8 Å². The molecule has 0 spiro atoms. The number of aromatic nitrogens is 4. The maximum absolute atomic E-state index is 13.6. The van der Waals surface area contributed by atoms with Gasteiger partial charge in [0.05, 0.1) is 47.3 Å². The Labute approximate surface area is 332 Å². The molecule has 0 aliphatic carbocycles. The molecule has 2 fully saturated rings. The monoisotopic (exact) mass is 758 g/mol. The molecular formula is C44H58N10O2. The molecule has 2 saturated heterocycles. The number of likely N-dealkylation sites (tertiary alicyclic amines) is 2. The van der Waals surface area contributed by atoms with Crippen LogP contribution in [-0.2, 0) is 48.9 Å². The van der Waals surface area contributed by atoms with Crippen LogP contribution in [0.4, 0.5) is 0 Å². The van der Waals surface area contributed by atoms with Gasteiger partial charge in [-0.05, 0) is 87.1 Å². The fourth-order valence-electron chi connectivity index (χ4n) is 8.07. The summed E-state index contributed by atoms with van der Waals surface area (Å²) in [6.45, 7) is 11.0. The molecule has 7 rings (SSSR count). The van der Waals surface area contributed by atoms with Crippen LogP contribution < -0.4 is 0 Å². The Kier molecular flexibility index (Phi) is 14.5. The van der Waals surface area contributed by atoms with Gasteiger partial charge >= 0.3 is 0 Å². The van der Waals surface area contributed by atoms with Crippen molar-refractivity contribution in [1.29, 1.82) is 0 Å². The second kappa shape index (κ2) is 20.5. The molecule has 0 aromatic carbocycles. The molecule has 0 atom stereocenters. The molecule has 0 saturated carbocycles. The van der Waals surface area contributed by atoms with Gasteiger partial charge in [0.2, 0.25) is 11.8 Å². The highest BCUT2D eigenvalue weighted by Gasteiger charge is 2.24. The Hall–Kier alpha value is -4.62. The molecular weight excluding hydrogens is 701 g/mol. The molecule has 0 N–H and O–H groups in total. The van der Waals surface area contributed by atoms with E-state index < -0.39 is 0 Å². The summed E-state index contributed by atoms with van der Waals surface area (Å²) in [4.78, 5) is 60.0. The zero-order valence-corrected chi connectivity index (χ0v) is 32.9. The van der Waals surface area contributed by atoms with E-state index in [2.05, 4.69) is 78.1 Å². The maximum atomic E-state index is 13.6. The van der Waals surface area contributed by atoms with Crippen LogP contribution in [0.1, 0.15) is 72.7 Å². The van der Waals surface area contributed by atoms with E-state index in [1.54, 1.807) is 0 Å². The first-order valence-corrected chi connectivity index (χ1v) is 20.7. The van der Waals surface area contributed by atoms with Crippen LogP contribution in [0.5, 0.6) is 0 Å². The summed E-state index contributed by atoms with van der Waals surface area (Å²) in [5.74, 6) is 0.412. The van der Waals surface area contributed by atoms with Crippen molar-refractivity contribution in [2.75, 3.05) is 65.4 Å². The molecule has 2 amide bonds. The standard InChI is InChI=1S/C44H58N10O2/c55-43(53-21-7-1-8-22-53)35-50-27-25-49(26-28-51(33-41-17-12-16-40(32-50)48-41)36-44(56)54-23-9-2-10-24-54)31-39-15-11-18-42(47-39)34-52(29-37-13-3-5-19-45-37)30-38-14-4-6-20-46-38/h3-6,11-20H,1-2,7-10,21-36H2. The summed E-state index contributed by atoms with van der Waals surface area (Å²) >= 11 is 0. The highest BCUT2D eigenvalue weighted by atomic mass is 16.2. The third-order valence-corrected chi connectivity index (χ3v) is 11.1. The van der Waals surface area contributed by atoms with Gasteiger partial charge in [0.1, 0.15) is 0 Å². The number of carbonyl (C=O) groups is 2. The Bertz CT molecular complexity index is 1710. The largest absolute Gasteiger partial charge is 0.342 e. The lowest BCUT2D eigenvalue weighted by molar-refractivity contribution is -0.134. The summed E-state index contributed by atoms with van der Waals surface area (Å²) in [5, 5.41) is 0. The predicted molar refractivity (Wildman–Crippen MR) is 217 cm³/mol. The van der Waals surface area contributed by atoms with Crippen molar-refractivity contribution in [3.05, 3.63) is 119 Å².